The number of benzene rings is 1. The van der Waals surface area contributed by atoms with E-state index in [-0.39, 0.29) is 18.8 Å². The van der Waals surface area contributed by atoms with Crippen LogP contribution >= 0.6 is 12.4 Å². The quantitative estimate of drug-likeness (QED) is 0.849. The van der Waals surface area contributed by atoms with Crippen LogP contribution in [0.25, 0.3) is 11.4 Å². The molecule has 0 radical (unpaired) electrons. The predicted molar refractivity (Wildman–Crippen MR) is 74.4 cm³/mol. The van der Waals surface area contributed by atoms with E-state index >= 15 is 0 Å². The normalized spacial score (nSPS) is 11.5. The molecule has 20 heavy (non-hydrogen) atoms. The first-order valence-corrected chi connectivity index (χ1v) is 5.68. The Kier molecular flexibility index (Phi) is 5.48. The molecule has 2 rings (SSSR count). The summed E-state index contributed by atoms with van der Waals surface area (Å²) in [6, 6.07) is 6.27. The van der Waals surface area contributed by atoms with Gasteiger partial charge in [-0.05, 0) is 18.9 Å². The lowest BCUT2D eigenvalue weighted by atomic mass is 10.0. The van der Waals surface area contributed by atoms with Gasteiger partial charge < -0.3 is 10.8 Å². The lowest BCUT2D eigenvalue weighted by Crippen LogP contribution is -2.32. The lowest BCUT2D eigenvalue weighted by Gasteiger charge is -2.06. The first kappa shape index (κ1) is 15.9. The minimum Gasteiger partial charge on any atom is -0.480 e. The van der Waals surface area contributed by atoms with Crippen LogP contribution in [-0.4, -0.2) is 37.5 Å². The van der Waals surface area contributed by atoms with Gasteiger partial charge in [-0.1, -0.05) is 24.3 Å². The second kappa shape index (κ2) is 6.88. The summed E-state index contributed by atoms with van der Waals surface area (Å²) in [7, 11) is 0. The van der Waals surface area contributed by atoms with Crippen molar-refractivity contribution in [1.82, 2.24) is 20.4 Å². The summed E-state index contributed by atoms with van der Waals surface area (Å²) < 4.78 is 0. The maximum absolute atomic E-state index is 10.7. The van der Waals surface area contributed by atoms with Crippen LogP contribution in [0.3, 0.4) is 0 Å². The number of carboxylic acids is 1. The van der Waals surface area contributed by atoms with Gasteiger partial charge in [0, 0.05) is 5.56 Å². The number of hydrogen-bond donors (Lipinski definition) is 2. The van der Waals surface area contributed by atoms with Gasteiger partial charge in [-0.3, -0.25) is 4.79 Å². The molecule has 0 unspecified atom stereocenters. The molecule has 0 aliphatic heterocycles. The topological polar surface area (TPSA) is 115 Å². The van der Waals surface area contributed by atoms with Crippen LogP contribution in [0.2, 0.25) is 0 Å². The highest BCUT2D eigenvalue weighted by molar-refractivity contribution is 5.85. The Hall–Kier alpha value is -2.12. The fourth-order valence-corrected chi connectivity index (χ4v) is 1.53. The third kappa shape index (κ3) is 3.94. The standard InChI is InChI=1S/C12H13N5O2.ClH/c1-7-14-16-11(17-15-7)9-4-2-8(3-5-9)6-10(13)12(18)19;/h2-5,10H,6,13H2,1H3,(H,18,19);1H/t10-;/m0./s1. The highest BCUT2D eigenvalue weighted by atomic mass is 35.5. The summed E-state index contributed by atoms with van der Waals surface area (Å²) in [4.78, 5) is 10.7. The minimum atomic E-state index is -1.01. The molecule has 0 saturated heterocycles. The number of aryl methyl sites for hydroxylation is 1. The number of carboxylic acid groups (broad SMARTS) is 1. The fourth-order valence-electron chi connectivity index (χ4n) is 1.53. The number of nitrogens with two attached hydrogens (primary N) is 1. The average Bonchev–Trinajstić information content (AvgIpc) is 2.40. The molecule has 7 nitrogen and oxygen atoms in total. The number of aromatic nitrogens is 4. The van der Waals surface area contributed by atoms with Crippen molar-refractivity contribution < 1.29 is 9.90 Å². The van der Waals surface area contributed by atoms with Crippen LogP contribution in [0.4, 0.5) is 0 Å². The molecule has 1 heterocycles. The zero-order valence-corrected chi connectivity index (χ0v) is 11.5. The highest BCUT2D eigenvalue weighted by Crippen LogP contribution is 2.14. The molecular formula is C12H14ClN5O2. The molecule has 1 aromatic carbocycles. The average molecular weight is 296 g/mol. The molecule has 0 fully saturated rings. The van der Waals surface area contributed by atoms with E-state index < -0.39 is 12.0 Å². The molecule has 0 bridgehead atoms. The second-order valence-electron chi connectivity index (χ2n) is 4.12. The van der Waals surface area contributed by atoms with Crippen molar-refractivity contribution in [2.45, 2.75) is 19.4 Å². The molecule has 1 aromatic heterocycles. The van der Waals surface area contributed by atoms with Gasteiger partial charge in [0.15, 0.2) is 5.82 Å². The Morgan fingerprint density at radius 3 is 2.25 bits per heavy atom. The van der Waals surface area contributed by atoms with Crippen LogP contribution in [0, 0.1) is 6.92 Å². The van der Waals surface area contributed by atoms with Crippen molar-refractivity contribution in [3.05, 3.63) is 35.7 Å². The summed E-state index contributed by atoms with van der Waals surface area (Å²) in [6.45, 7) is 1.71. The molecule has 0 amide bonds. The summed E-state index contributed by atoms with van der Waals surface area (Å²) in [5.41, 5.74) is 7.08. The largest absolute Gasteiger partial charge is 0.480 e. The SMILES string of the molecule is Cc1nnc(-c2ccc(C[C@H](N)C(=O)O)cc2)nn1.Cl. The molecule has 8 heteroatoms. The molecule has 1 atom stereocenters. The Balaban J connectivity index is 0.00000200. The Bertz CT molecular complexity index is 573. The van der Waals surface area contributed by atoms with Crippen LogP contribution in [0.5, 0.6) is 0 Å². The number of rotatable bonds is 4. The number of carbonyl (C=O) groups is 1. The molecule has 0 aliphatic carbocycles. The molecular weight excluding hydrogens is 282 g/mol. The van der Waals surface area contributed by atoms with Gasteiger partial charge >= 0.3 is 5.97 Å². The summed E-state index contributed by atoms with van der Waals surface area (Å²) in [5.74, 6) is -0.0770. The van der Waals surface area contributed by atoms with Crippen LogP contribution in [-0.2, 0) is 11.2 Å². The van der Waals surface area contributed by atoms with E-state index in [0.29, 0.717) is 11.6 Å². The van der Waals surface area contributed by atoms with E-state index in [0.717, 1.165) is 11.1 Å². The highest BCUT2D eigenvalue weighted by Gasteiger charge is 2.12. The first-order chi connectivity index (χ1) is 9.06. The third-order valence-corrected chi connectivity index (χ3v) is 2.56. The van der Waals surface area contributed by atoms with Crippen molar-refractivity contribution >= 4 is 18.4 Å². The molecule has 3 N–H and O–H groups in total. The van der Waals surface area contributed by atoms with E-state index in [4.69, 9.17) is 10.8 Å². The van der Waals surface area contributed by atoms with E-state index in [1.54, 1.807) is 31.2 Å². The van der Waals surface area contributed by atoms with Crippen molar-refractivity contribution in [3.8, 4) is 11.4 Å². The van der Waals surface area contributed by atoms with Gasteiger partial charge in [0.1, 0.15) is 6.04 Å². The summed E-state index contributed by atoms with van der Waals surface area (Å²) in [5, 5.41) is 24.2. The molecule has 0 aliphatic rings. The maximum Gasteiger partial charge on any atom is 0.320 e. The fraction of sp³-hybridized carbons (Fsp3) is 0.250. The van der Waals surface area contributed by atoms with Crippen LogP contribution < -0.4 is 5.73 Å². The Morgan fingerprint density at radius 2 is 1.75 bits per heavy atom. The lowest BCUT2D eigenvalue weighted by molar-refractivity contribution is -0.138. The monoisotopic (exact) mass is 295 g/mol. The Labute approximate surface area is 121 Å². The van der Waals surface area contributed by atoms with Gasteiger partial charge in [0.2, 0.25) is 5.82 Å². The maximum atomic E-state index is 10.7. The van der Waals surface area contributed by atoms with Gasteiger partial charge in [-0.25, -0.2) is 0 Å². The zero-order valence-electron chi connectivity index (χ0n) is 10.7. The summed E-state index contributed by atoms with van der Waals surface area (Å²) >= 11 is 0. The molecule has 2 aromatic rings. The Morgan fingerprint density at radius 1 is 1.20 bits per heavy atom. The number of halogens is 1. The van der Waals surface area contributed by atoms with Crippen molar-refractivity contribution in [2.24, 2.45) is 5.73 Å². The van der Waals surface area contributed by atoms with E-state index in [1.807, 2.05) is 0 Å². The molecule has 0 spiro atoms. The minimum absolute atomic E-state index is 0. The second-order valence-corrected chi connectivity index (χ2v) is 4.12. The van der Waals surface area contributed by atoms with E-state index in [9.17, 15) is 4.79 Å². The third-order valence-electron chi connectivity index (χ3n) is 2.56. The van der Waals surface area contributed by atoms with Crippen molar-refractivity contribution in [1.29, 1.82) is 0 Å². The van der Waals surface area contributed by atoms with Gasteiger partial charge in [-0.15, -0.1) is 32.8 Å². The molecule has 0 saturated carbocycles. The first-order valence-electron chi connectivity index (χ1n) is 5.68. The van der Waals surface area contributed by atoms with Gasteiger partial charge in [-0.2, -0.15) is 0 Å². The predicted octanol–water partition coefficient (Wildman–Crippen LogP) is 0.618. The van der Waals surface area contributed by atoms with E-state index in [1.165, 1.54) is 0 Å². The van der Waals surface area contributed by atoms with Gasteiger partial charge in [0.05, 0.1) is 0 Å². The van der Waals surface area contributed by atoms with Crippen LogP contribution in [0.1, 0.15) is 11.4 Å². The van der Waals surface area contributed by atoms with Crippen molar-refractivity contribution in [3.63, 3.8) is 0 Å². The number of hydrogen-bond acceptors (Lipinski definition) is 6. The zero-order chi connectivity index (χ0) is 13.8. The van der Waals surface area contributed by atoms with E-state index in [2.05, 4.69) is 20.4 Å². The number of nitrogens with zero attached hydrogens (tertiary/aromatic N) is 4. The molecule has 106 valence electrons. The van der Waals surface area contributed by atoms with Crippen molar-refractivity contribution in [2.75, 3.05) is 0 Å². The number of aliphatic carboxylic acids is 1. The van der Waals surface area contributed by atoms with Gasteiger partial charge in [0.25, 0.3) is 0 Å². The smallest absolute Gasteiger partial charge is 0.320 e. The summed E-state index contributed by atoms with van der Waals surface area (Å²) in [6.07, 6.45) is 0.279. The van der Waals surface area contributed by atoms with Crippen LogP contribution in [0.15, 0.2) is 24.3 Å².